The molecule has 0 amide bonds. The quantitative estimate of drug-likeness (QED) is 0.476. The van der Waals surface area contributed by atoms with Crippen molar-refractivity contribution < 1.29 is 9.18 Å². The third-order valence-electron chi connectivity index (χ3n) is 3.10. The van der Waals surface area contributed by atoms with E-state index in [2.05, 4.69) is 0 Å². The molecule has 0 aliphatic heterocycles. The number of carbonyl (C=O) groups is 1. The average Bonchev–Trinajstić information content (AvgIpc) is 2.38. The van der Waals surface area contributed by atoms with Gasteiger partial charge >= 0.3 is 0 Å². The first kappa shape index (κ1) is 14.3. The minimum atomic E-state index is -1.36. The van der Waals surface area contributed by atoms with Gasteiger partial charge in [0.15, 0.2) is 5.78 Å². The minimum Gasteiger partial charge on any atom is -0.309 e. The maximum absolute atomic E-state index is 14.0. The van der Waals surface area contributed by atoms with Crippen LogP contribution in [0.3, 0.4) is 0 Å². The van der Waals surface area contributed by atoms with Gasteiger partial charge in [-0.2, -0.15) is 0 Å². The predicted molar refractivity (Wildman–Crippen MR) is 72.1 cm³/mol. The Morgan fingerprint density at radius 3 is 2.39 bits per heavy atom. The molecule has 0 heterocycles. The number of ketones is 1. The van der Waals surface area contributed by atoms with E-state index in [0.29, 0.717) is 23.1 Å². The molecule has 0 radical (unpaired) electrons. The molecule has 0 saturated heterocycles. The Morgan fingerprint density at radius 2 is 1.94 bits per heavy atom. The standard InChI is InChI=1S/C15H18FNO/c1-4-15(3,16)13-7-5-12(6-8-13)14(18)11(2)9-10-17/h5-10,17H,4H2,1-3H3/b11-9+,17-10?. The van der Waals surface area contributed by atoms with Crippen LogP contribution in [0.25, 0.3) is 0 Å². The number of alkyl halides is 1. The van der Waals surface area contributed by atoms with Gasteiger partial charge in [-0.05, 0) is 37.5 Å². The fraction of sp³-hybridized carbons (Fsp3) is 0.333. The number of allylic oxidation sites excluding steroid dienone is 2. The molecule has 1 aromatic carbocycles. The lowest BCUT2D eigenvalue weighted by atomic mass is 9.93. The molecule has 1 atom stereocenters. The lowest BCUT2D eigenvalue weighted by Crippen LogP contribution is -2.13. The summed E-state index contributed by atoms with van der Waals surface area (Å²) in [4.78, 5) is 11.9. The molecule has 1 N–H and O–H groups in total. The molecule has 1 unspecified atom stereocenters. The molecule has 0 fully saturated rings. The number of benzene rings is 1. The maximum atomic E-state index is 14.0. The second-order valence-corrected chi connectivity index (χ2v) is 4.47. The largest absolute Gasteiger partial charge is 0.309 e. The first-order chi connectivity index (χ1) is 8.42. The Morgan fingerprint density at radius 1 is 1.39 bits per heavy atom. The Labute approximate surface area is 107 Å². The van der Waals surface area contributed by atoms with Crippen molar-refractivity contribution in [1.82, 2.24) is 0 Å². The van der Waals surface area contributed by atoms with E-state index in [1.54, 1.807) is 38.1 Å². The summed E-state index contributed by atoms with van der Waals surface area (Å²) in [6.07, 6.45) is 2.92. The van der Waals surface area contributed by atoms with Crippen molar-refractivity contribution in [3.8, 4) is 0 Å². The summed E-state index contributed by atoms with van der Waals surface area (Å²) in [7, 11) is 0. The third kappa shape index (κ3) is 3.13. The number of halogens is 1. The number of nitrogens with one attached hydrogen (secondary N) is 1. The van der Waals surface area contributed by atoms with E-state index < -0.39 is 5.67 Å². The molecule has 0 aromatic heterocycles. The zero-order valence-corrected chi connectivity index (χ0v) is 11.0. The van der Waals surface area contributed by atoms with Gasteiger partial charge in [-0.3, -0.25) is 4.79 Å². The van der Waals surface area contributed by atoms with Crippen LogP contribution in [-0.2, 0) is 5.67 Å². The van der Waals surface area contributed by atoms with E-state index in [9.17, 15) is 9.18 Å². The number of rotatable bonds is 5. The smallest absolute Gasteiger partial charge is 0.188 e. The monoisotopic (exact) mass is 247 g/mol. The summed E-state index contributed by atoms with van der Waals surface area (Å²) in [5.41, 5.74) is 0.231. The molecule has 1 rings (SSSR count). The lowest BCUT2D eigenvalue weighted by molar-refractivity contribution is 0.103. The fourth-order valence-corrected chi connectivity index (χ4v) is 1.60. The number of Topliss-reactive ketones (excluding diaryl/α,β-unsaturated/α-hetero) is 1. The zero-order chi connectivity index (χ0) is 13.8. The topological polar surface area (TPSA) is 40.9 Å². The van der Waals surface area contributed by atoms with Gasteiger partial charge in [0.1, 0.15) is 5.67 Å². The highest BCUT2D eigenvalue weighted by Gasteiger charge is 2.23. The van der Waals surface area contributed by atoms with Gasteiger partial charge in [0.05, 0.1) is 0 Å². The van der Waals surface area contributed by atoms with E-state index in [4.69, 9.17) is 5.41 Å². The maximum Gasteiger partial charge on any atom is 0.188 e. The second-order valence-electron chi connectivity index (χ2n) is 4.47. The number of hydrogen-bond donors (Lipinski definition) is 1. The van der Waals surface area contributed by atoms with E-state index in [1.807, 2.05) is 0 Å². The molecular formula is C15H18FNO. The molecule has 0 aliphatic rings. The molecule has 18 heavy (non-hydrogen) atoms. The first-order valence-electron chi connectivity index (χ1n) is 5.94. The molecule has 96 valence electrons. The van der Waals surface area contributed by atoms with Crippen molar-refractivity contribution in [2.45, 2.75) is 32.9 Å². The van der Waals surface area contributed by atoms with Crippen molar-refractivity contribution in [2.24, 2.45) is 0 Å². The molecule has 1 aromatic rings. The molecule has 0 spiro atoms. The van der Waals surface area contributed by atoms with Crippen LogP contribution >= 0.6 is 0 Å². The van der Waals surface area contributed by atoms with E-state index in [-0.39, 0.29) is 5.78 Å². The summed E-state index contributed by atoms with van der Waals surface area (Å²) >= 11 is 0. The molecular weight excluding hydrogens is 229 g/mol. The van der Waals surface area contributed by atoms with Gasteiger partial charge in [-0.1, -0.05) is 31.2 Å². The van der Waals surface area contributed by atoms with E-state index in [0.717, 1.165) is 6.21 Å². The molecule has 3 heteroatoms. The SMILES string of the molecule is CCC(C)(F)c1ccc(C(=O)/C(C)=C/C=N)cc1. The normalized spacial score (nSPS) is 15.0. The molecule has 0 saturated carbocycles. The number of carbonyl (C=O) groups excluding carboxylic acids is 1. The van der Waals surface area contributed by atoms with Crippen molar-refractivity contribution in [1.29, 1.82) is 5.41 Å². The Hall–Kier alpha value is -1.77. The van der Waals surface area contributed by atoms with Crippen LogP contribution in [0, 0.1) is 5.41 Å². The average molecular weight is 247 g/mol. The van der Waals surface area contributed by atoms with Crippen LogP contribution in [0.2, 0.25) is 0 Å². The zero-order valence-electron chi connectivity index (χ0n) is 11.0. The van der Waals surface area contributed by atoms with Crippen LogP contribution in [-0.4, -0.2) is 12.0 Å². The van der Waals surface area contributed by atoms with E-state index in [1.165, 1.54) is 13.0 Å². The lowest BCUT2D eigenvalue weighted by Gasteiger charge is -2.18. The van der Waals surface area contributed by atoms with Gasteiger partial charge < -0.3 is 5.41 Å². The molecule has 2 nitrogen and oxygen atoms in total. The molecule has 0 aliphatic carbocycles. The van der Waals surface area contributed by atoms with Crippen LogP contribution in [0.5, 0.6) is 0 Å². The van der Waals surface area contributed by atoms with Gasteiger partial charge in [-0.25, -0.2) is 4.39 Å². The minimum absolute atomic E-state index is 0.137. The Kier molecular flexibility index (Phi) is 4.54. The van der Waals surface area contributed by atoms with Crippen LogP contribution in [0.15, 0.2) is 35.9 Å². The fourth-order valence-electron chi connectivity index (χ4n) is 1.60. The van der Waals surface area contributed by atoms with Crippen molar-refractivity contribution >= 4 is 12.0 Å². The van der Waals surface area contributed by atoms with Crippen LogP contribution in [0.1, 0.15) is 43.1 Å². The number of hydrogen-bond acceptors (Lipinski definition) is 2. The summed E-state index contributed by atoms with van der Waals surface area (Å²) < 4.78 is 14.0. The Balaban J connectivity index is 3.00. The molecule has 0 bridgehead atoms. The van der Waals surface area contributed by atoms with Crippen molar-refractivity contribution in [3.05, 3.63) is 47.0 Å². The van der Waals surface area contributed by atoms with Crippen molar-refractivity contribution in [3.63, 3.8) is 0 Å². The summed E-state index contributed by atoms with van der Waals surface area (Å²) in [6, 6.07) is 6.56. The highest BCUT2D eigenvalue weighted by Crippen LogP contribution is 2.29. The van der Waals surface area contributed by atoms with Crippen molar-refractivity contribution in [2.75, 3.05) is 0 Å². The van der Waals surface area contributed by atoms with Crippen LogP contribution in [0.4, 0.5) is 4.39 Å². The summed E-state index contributed by atoms with van der Waals surface area (Å²) in [5, 5.41) is 6.93. The van der Waals surface area contributed by atoms with E-state index >= 15 is 0 Å². The van der Waals surface area contributed by atoms with Gasteiger partial charge in [0, 0.05) is 11.8 Å². The van der Waals surface area contributed by atoms with Gasteiger partial charge in [0.2, 0.25) is 0 Å². The highest BCUT2D eigenvalue weighted by atomic mass is 19.1. The van der Waals surface area contributed by atoms with Gasteiger partial charge in [0.25, 0.3) is 0 Å². The van der Waals surface area contributed by atoms with Crippen LogP contribution < -0.4 is 0 Å². The summed E-state index contributed by atoms with van der Waals surface area (Å²) in [5.74, 6) is -0.137. The first-order valence-corrected chi connectivity index (χ1v) is 5.94. The third-order valence-corrected chi connectivity index (χ3v) is 3.10. The second kappa shape index (κ2) is 5.71. The Bertz CT molecular complexity index is 472. The highest BCUT2D eigenvalue weighted by molar-refractivity contribution is 6.09. The van der Waals surface area contributed by atoms with Gasteiger partial charge in [-0.15, -0.1) is 0 Å². The predicted octanol–water partition coefficient (Wildman–Crippen LogP) is 4.06. The summed E-state index contributed by atoms with van der Waals surface area (Å²) in [6.45, 7) is 4.98.